The highest BCUT2D eigenvalue weighted by Crippen LogP contribution is 2.24. The van der Waals surface area contributed by atoms with Crippen molar-refractivity contribution in [1.82, 2.24) is 4.57 Å². The lowest BCUT2D eigenvalue weighted by atomic mass is 10.2. The van der Waals surface area contributed by atoms with E-state index in [1.807, 2.05) is 30.5 Å². The molecule has 11 heteroatoms. The van der Waals surface area contributed by atoms with Crippen LogP contribution in [-0.2, 0) is 26.1 Å². The van der Waals surface area contributed by atoms with Gasteiger partial charge in [-0.2, -0.15) is 4.99 Å². The molecule has 4 rings (SSSR count). The van der Waals surface area contributed by atoms with Crippen LogP contribution >= 0.6 is 11.3 Å². The van der Waals surface area contributed by atoms with E-state index in [0.29, 0.717) is 30.2 Å². The Morgan fingerprint density at radius 3 is 2.50 bits per heavy atom. The number of hydrogen-bond donors (Lipinski definition) is 2. The Morgan fingerprint density at radius 2 is 1.79 bits per heavy atom. The van der Waals surface area contributed by atoms with Crippen LogP contribution in [0.2, 0.25) is 0 Å². The van der Waals surface area contributed by atoms with Gasteiger partial charge in [0.1, 0.15) is 0 Å². The fraction of sp³-hybridized carbons (Fsp3) is 0.222. The van der Waals surface area contributed by atoms with Crippen molar-refractivity contribution in [3.05, 3.63) is 82.7 Å². The zero-order valence-electron chi connectivity index (χ0n) is 21.2. The minimum absolute atomic E-state index is 0.0931. The van der Waals surface area contributed by atoms with E-state index in [1.165, 1.54) is 42.5 Å². The van der Waals surface area contributed by atoms with Gasteiger partial charge in [0.2, 0.25) is 5.91 Å². The second-order valence-corrected chi connectivity index (χ2v) is 11.2. The summed E-state index contributed by atoms with van der Waals surface area (Å²) in [6.45, 7) is 6.64. The molecule has 0 aliphatic carbocycles. The van der Waals surface area contributed by atoms with E-state index >= 15 is 0 Å². The Balaban J connectivity index is 1.73. The summed E-state index contributed by atoms with van der Waals surface area (Å²) in [6.07, 6.45) is 0. The first kappa shape index (κ1) is 27.2. The summed E-state index contributed by atoms with van der Waals surface area (Å²) < 4.78 is 36.7. The first-order chi connectivity index (χ1) is 18.2. The number of aromatic nitrogens is 1. The topological polar surface area (TPSA) is 119 Å². The molecule has 9 nitrogen and oxygen atoms in total. The molecule has 2 N–H and O–H groups in total. The molecule has 38 heavy (non-hydrogen) atoms. The van der Waals surface area contributed by atoms with Gasteiger partial charge in [-0.25, -0.2) is 8.42 Å². The average molecular weight is 553 g/mol. The molecule has 0 atom stereocenters. The fourth-order valence-electron chi connectivity index (χ4n) is 3.78. The number of sulfonamides is 1. The van der Waals surface area contributed by atoms with Crippen LogP contribution in [0.4, 0.5) is 11.4 Å². The largest absolute Gasteiger partial charge is 0.380 e. The summed E-state index contributed by atoms with van der Waals surface area (Å²) >= 11 is 1.29. The average Bonchev–Trinajstić information content (AvgIpc) is 3.20. The van der Waals surface area contributed by atoms with Crippen LogP contribution in [0.5, 0.6) is 0 Å². The standard InChI is InChI=1S/C27H28N4O5S2/c1-4-36-16-15-31-24-14-11-20(28-19(3)32)17-25(24)37-27(31)29-26(33)22-7-5-6-8-23(22)30-38(34,35)21-12-9-18(2)10-13-21/h5-14,17,30H,4,15-16H2,1-3H3,(H,28,32). The number of carbonyl (C=O) groups excluding carboxylic acids is 2. The van der Waals surface area contributed by atoms with Gasteiger partial charge in [-0.15, -0.1) is 0 Å². The molecule has 198 valence electrons. The monoisotopic (exact) mass is 552 g/mol. The maximum atomic E-state index is 13.4. The number of anilines is 2. The molecule has 1 aromatic heterocycles. The Labute approximate surface area is 224 Å². The summed E-state index contributed by atoms with van der Waals surface area (Å²) in [5.41, 5.74) is 2.66. The number of benzene rings is 3. The van der Waals surface area contributed by atoms with E-state index < -0.39 is 15.9 Å². The predicted octanol–water partition coefficient (Wildman–Crippen LogP) is 4.55. The first-order valence-electron chi connectivity index (χ1n) is 11.9. The Bertz CT molecular complexity index is 1660. The van der Waals surface area contributed by atoms with Crippen molar-refractivity contribution in [2.24, 2.45) is 4.99 Å². The fourth-order valence-corrected chi connectivity index (χ4v) is 5.96. The zero-order valence-corrected chi connectivity index (χ0v) is 22.9. The van der Waals surface area contributed by atoms with E-state index in [0.717, 1.165) is 15.8 Å². The van der Waals surface area contributed by atoms with Crippen LogP contribution in [0.15, 0.2) is 76.6 Å². The number of rotatable bonds is 9. The minimum Gasteiger partial charge on any atom is -0.380 e. The van der Waals surface area contributed by atoms with Crippen LogP contribution < -0.4 is 14.8 Å². The summed E-state index contributed by atoms with van der Waals surface area (Å²) in [5.74, 6) is -0.777. The van der Waals surface area contributed by atoms with Crippen LogP contribution in [0.1, 0.15) is 29.8 Å². The number of carbonyl (C=O) groups is 2. The molecule has 0 fully saturated rings. The highest BCUT2D eigenvalue weighted by atomic mass is 32.2. The molecule has 4 aromatic rings. The number of fused-ring (bicyclic) bond motifs is 1. The van der Waals surface area contributed by atoms with Crippen molar-refractivity contribution in [3.8, 4) is 0 Å². The second-order valence-electron chi connectivity index (χ2n) is 8.48. The molecule has 0 saturated carbocycles. The van der Waals surface area contributed by atoms with Crippen molar-refractivity contribution in [2.75, 3.05) is 23.3 Å². The Hall–Kier alpha value is -3.80. The van der Waals surface area contributed by atoms with Crippen molar-refractivity contribution >= 4 is 54.8 Å². The first-order valence-corrected chi connectivity index (χ1v) is 14.2. The van der Waals surface area contributed by atoms with Crippen molar-refractivity contribution in [2.45, 2.75) is 32.2 Å². The smallest absolute Gasteiger partial charge is 0.281 e. The molecule has 0 spiro atoms. The van der Waals surface area contributed by atoms with Crippen LogP contribution in [0, 0.1) is 6.92 Å². The molecule has 0 saturated heterocycles. The third kappa shape index (κ3) is 6.36. The van der Waals surface area contributed by atoms with Gasteiger partial charge in [0.15, 0.2) is 4.80 Å². The molecule has 0 bridgehead atoms. The number of nitrogens with zero attached hydrogens (tertiary/aromatic N) is 2. The highest BCUT2D eigenvalue weighted by Gasteiger charge is 2.19. The van der Waals surface area contributed by atoms with Gasteiger partial charge in [0, 0.05) is 25.8 Å². The molecule has 2 amide bonds. The van der Waals surface area contributed by atoms with Gasteiger partial charge >= 0.3 is 0 Å². The lowest BCUT2D eigenvalue weighted by Gasteiger charge is -2.11. The molecule has 1 heterocycles. The van der Waals surface area contributed by atoms with Gasteiger partial charge < -0.3 is 14.6 Å². The van der Waals surface area contributed by atoms with Gasteiger partial charge in [0.05, 0.1) is 33.0 Å². The highest BCUT2D eigenvalue weighted by molar-refractivity contribution is 7.92. The minimum atomic E-state index is -3.91. The summed E-state index contributed by atoms with van der Waals surface area (Å²) in [7, 11) is -3.91. The van der Waals surface area contributed by atoms with Gasteiger partial charge in [-0.3, -0.25) is 14.3 Å². The lowest BCUT2D eigenvalue weighted by Crippen LogP contribution is -2.20. The number of hydrogen-bond acceptors (Lipinski definition) is 6. The number of para-hydroxylation sites is 1. The van der Waals surface area contributed by atoms with Crippen molar-refractivity contribution in [1.29, 1.82) is 0 Å². The second kappa shape index (κ2) is 11.7. The third-order valence-corrected chi connectivity index (χ3v) is 8.02. The van der Waals surface area contributed by atoms with Crippen LogP contribution in [0.3, 0.4) is 0 Å². The lowest BCUT2D eigenvalue weighted by molar-refractivity contribution is -0.114. The Kier molecular flexibility index (Phi) is 8.40. The summed E-state index contributed by atoms with van der Waals surface area (Å²) in [5, 5.41) is 2.76. The number of amides is 2. The molecule has 0 unspecified atom stereocenters. The molecule has 0 aliphatic rings. The zero-order chi connectivity index (χ0) is 27.3. The predicted molar refractivity (Wildman–Crippen MR) is 149 cm³/mol. The van der Waals surface area contributed by atoms with E-state index in [1.54, 1.807) is 30.3 Å². The van der Waals surface area contributed by atoms with Crippen molar-refractivity contribution in [3.63, 3.8) is 0 Å². The van der Waals surface area contributed by atoms with E-state index in [9.17, 15) is 18.0 Å². The summed E-state index contributed by atoms with van der Waals surface area (Å²) in [6, 6.07) is 18.3. The normalized spacial score (nSPS) is 12.0. The SMILES string of the molecule is CCOCCn1c(=NC(=O)c2ccccc2NS(=O)(=O)c2ccc(C)cc2)sc2cc(NC(C)=O)ccc21. The maximum Gasteiger partial charge on any atom is 0.281 e. The van der Waals surface area contributed by atoms with Crippen LogP contribution in [0.25, 0.3) is 10.2 Å². The van der Waals surface area contributed by atoms with Gasteiger partial charge in [-0.1, -0.05) is 41.2 Å². The van der Waals surface area contributed by atoms with E-state index in [4.69, 9.17) is 4.74 Å². The summed E-state index contributed by atoms with van der Waals surface area (Å²) in [4.78, 5) is 29.8. The number of thiazole rings is 1. The maximum absolute atomic E-state index is 13.4. The van der Waals surface area contributed by atoms with Crippen LogP contribution in [-0.4, -0.2) is 38.0 Å². The van der Waals surface area contributed by atoms with Crippen molar-refractivity contribution < 1.29 is 22.7 Å². The third-order valence-electron chi connectivity index (χ3n) is 5.60. The van der Waals surface area contributed by atoms with E-state index in [-0.39, 0.29) is 22.1 Å². The molecular formula is C27H28N4O5S2. The van der Waals surface area contributed by atoms with Gasteiger partial charge in [0.25, 0.3) is 15.9 Å². The van der Waals surface area contributed by atoms with E-state index in [2.05, 4.69) is 15.0 Å². The molecule has 0 radical (unpaired) electrons. The number of aryl methyl sites for hydroxylation is 1. The molecule has 0 aliphatic heterocycles. The quantitative estimate of drug-likeness (QED) is 0.295. The van der Waals surface area contributed by atoms with Gasteiger partial charge in [-0.05, 0) is 56.3 Å². The molecule has 3 aromatic carbocycles. The molecular weight excluding hydrogens is 524 g/mol. The Morgan fingerprint density at radius 1 is 1.05 bits per heavy atom. The number of ether oxygens (including phenoxy) is 1. The number of nitrogens with one attached hydrogen (secondary N) is 2.